The van der Waals surface area contributed by atoms with Crippen LogP contribution in [0.2, 0.25) is 0 Å². The maximum Gasteiger partial charge on any atom is 0.110 e. The Labute approximate surface area is 77.2 Å². The summed E-state index contributed by atoms with van der Waals surface area (Å²) in [5.74, 6) is 0. The number of hydrogen-bond acceptors (Lipinski definition) is 3. The van der Waals surface area contributed by atoms with Gasteiger partial charge in [0.2, 0.25) is 0 Å². The predicted molar refractivity (Wildman–Crippen MR) is 48.8 cm³/mol. The van der Waals surface area contributed by atoms with Gasteiger partial charge >= 0.3 is 0 Å². The summed E-state index contributed by atoms with van der Waals surface area (Å²) in [5.41, 5.74) is 7.40. The highest BCUT2D eigenvalue weighted by Crippen LogP contribution is 2.24. The molecule has 0 saturated carbocycles. The van der Waals surface area contributed by atoms with E-state index in [0.717, 1.165) is 18.5 Å². The zero-order chi connectivity index (χ0) is 9.31. The van der Waals surface area contributed by atoms with Crippen LogP contribution >= 0.6 is 0 Å². The Hall–Kier alpha value is -1.40. The summed E-state index contributed by atoms with van der Waals surface area (Å²) in [7, 11) is 0. The Morgan fingerprint density at radius 1 is 1.62 bits per heavy atom. The van der Waals surface area contributed by atoms with Gasteiger partial charge < -0.3 is 5.73 Å². The van der Waals surface area contributed by atoms with Crippen molar-refractivity contribution in [3.8, 4) is 6.07 Å². The number of rotatable bonds is 0. The second-order valence-corrected chi connectivity index (χ2v) is 3.55. The van der Waals surface area contributed by atoms with Crippen LogP contribution in [0.4, 0.5) is 0 Å². The number of hydrogen-bond donors (Lipinski definition) is 1. The van der Waals surface area contributed by atoms with E-state index < -0.39 is 5.54 Å². The van der Waals surface area contributed by atoms with Crippen LogP contribution in [0.3, 0.4) is 0 Å². The molecule has 1 heterocycles. The highest BCUT2D eigenvalue weighted by molar-refractivity contribution is 5.29. The molecule has 1 atom stereocenters. The van der Waals surface area contributed by atoms with Gasteiger partial charge in [0, 0.05) is 18.3 Å². The molecule has 13 heavy (non-hydrogen) atoms. The van der Waals surface area contributed by atoms with Crippen LogP contribution in [0.25, 0.3) is 0 Å². The standard InChI is InChI=1S/C10H11N3/c11-7-10(12)4-3-8-2-1-5-13-9(8)6-10/h1-2,5H,3-4,6,12H2. The minimum absolute atomic E-state index is 0.583. The molecule has 0 aromatic carbocycles. The molecular formula is C10H11N3. The first-order valence-corrected chi connectivity index (χ1v) is 4.36. The van der Waals surface area contributed by atoms with Crippen LogP contribution in [0, 0.1) is 11.3 Å². The molecule has 3 heteroatoms. The third kappa shape index (κ3) is 1.41. The predicted octanol–water partition coefficient (Wildman–Crippen LogP) is 0.791. The summed E-state index contributed by atoms with van der Waals surface area (Å²) in [4.78, 5) is 4.23. The molecule has 66 valence electrons. The van der Waals surface area contributed by atoms with Gasteiger partial charge in [-0.3, -0.25) is 4.98 Å². The monoisotopic (exact) mass is 173 g/mol. The van der Waals surface area contributed by atoms with Crippen molar-refractivity contribution in [3.63, 3.8) is 0 Å². The van der Waals surface area contributed by atoms with Crippen LogP contribution in [0.1, 0.15) is 17.7 Å². The smallest absolute Gasteiger partial charge is 0.110 e. The first-order valence-electron chi connectivity index (χ1n) is 4.36. The first-order chi connectivity index (χ1) is 6.23. The second-order valence-electron chi connectivity index (χ2n) is 3.55. The van der Waals surface area contributed by atoms with Crippen LogP contribution in [-0.4, -0.2) is 10.5 Å². The van der Waals surface area contributed by atoms with Crippen molar-refractivity contribution in [2.75, 3.05) is 0 Å². The Morgan fingerprint density at radius 3 is 3.23 bits per heavy atom. The lowest BCUT2D eigenvalue weighted by atomic mass is 9.82. The van der Waals surface area contributed by atoms with E-state index in [1.807, 2.05) is 6.07 Å². The van der Waals surface area contributed by atoms with Crippen LogP contribution in [0.15, 0.2) is 18.3 Å². The van der Waals surface area contributed by atoms with E-state index in [1.165, 1.54) is 5.56 Å². The van der Waals surface area contributed by atoms with Gasteiger partial charge in [0.25, 0.3) is 0 Å². The molecule has 1 unspecified atom stereocenters. The molecule has 1 aliphatic rings. The lowest BCUT2D eigenvalue weighted by molar-refractivity contribution is 0.462. The molecule has 1 aromatic rings. The molecule has 1 aromatic heterocycles. The Balaban J connectivity index is 2.36. The lowest BCUT2D eigenvalue weighted by Gasteiger charge is -2.27. The molecular weight excluding hydrogens is 162 g/mol. The van der Waals surface area contributed by atoms with Crippen molar-refractivity contribution >= 4 is 0 Å². The zero-order valence-electron chi connectivity index (χ0n) is 7.33. The average Bonchev–Trinajstić information content (AvgIpc) is 2.18. The Kier molecular flexibility index (Phi) is 1.78. The molecule has 0 fully saturated rings. The van der Waals surface area contributed by atoms with Gasteiger partial charge in [-0.05, 0) is 24.5 Å². The topological polar surface area (TPSA) is 62.7 Å². The molecule has 1 aliphatic carbocycles. The van der Waals surface area contributed by atoms with Gasteiger partial charge in [-0.1, -0.05) is 6.07 Å². The number of nitrogens with two attached hydrogens (primary N) is 1. The van der Waals surface area contributed by atoms with E-state index in [1.54, 1.807) is 6.20 Å². The number of aryl methyl sites for hydroxylation is 1. The van der Waals surface area contributed by atoms with Crippen LogP contribution in [-0.2, 0) is 12.8 Å². The van der Waals surface area contributed by atoms with Gasteiger partial charge in [-0.2, -0.15) is 5.26 Å². The summed E-state index contributed by atoms with van der Waals surface area (Å²) in [5, 5.41) is 8.87. The minimum Gasteiger partial charge on any atom is -0.313 e. The maximum absolute atomic E-state index is 8.87. The molecule has 0 saturated heterocycles. The fourth-order valence-electron chi connectivity index (χ4n) is 1.70. The summed E-state index contributed by atoms with van der Waals surface area (Å²) in [6.45, 7) is 0. The normalized spacial score (nSPS) is 26.2. The maximum atomic E-state index is 8.87. The van der Waals surface area contributed by atoms with Gasteiger partial charge in [-0.15, -0.1) is 0 Å². The fraction of sp³-hybridized carbons (Fsp3) is 0.400. The van der Waals surface area contributed by atoms with E-state index >= 15 is 0 Å². The SMILES string of the molecule is N#CC1(N)CCc2cccnc2C1. The quantitative estimate of drug-likeness (QED) is 0.631. The summed E-state index contributed by atoms with van der Waals surface area (Å²) in [6.07, 6.45) is 3.94. The molecule has 0 amide bonds. The number of fused-ring (bicyclic) bond motifs is 1. The van der Waals surface area contributed by atoms with Crippen molar-refractivity contribution in [1.29, 1.82) is 5.26 Å². The molecule has 0 radical (unpaired) electrons. The minimum atomic E-state index is -0.693. The molecule has 0 spiro atoms. The second kappa shape index (κ2) is 2.82. The highest BCUT2D eigenvalue weighted by Gasteiger charge is 2.30. The van der Waals surface area contributed by atoms with Crippen molar-refractivity contribution in [3.05, 3.63) is 29.6 Å². The molecule has 0 bridgehead atoms. The largest absolute Gasteiger partial charge is 0.313 e. The van der Waals surface area contributed by atoms with Crippen molar-refractivity contribution in [1.82, 2.24) is 4.98 Å². The van der Waals surface area contributed by atoms with Crippen LogP contribution < -0.4 is 5.73 Å². The van der Waals surface area contributed by atoms with Crippen molar-refractivity contribution < 1.29 is 0 Å². The number of pyridine rings is 1. The van der Waals surface area contributed by atoms with Crippen molar-refractivity contribution in [2.45, 2.75) is 24.8 Å². The third-order valence-electron chi connectivity index (χ3n) is 2.53. The average molecular weight is 173 g/mol. The molecule has 3 nitrogen and oxygen atoms in total. The summed E-state index contributed by atoms with van der Waals surface area (Å²) >= 11 is 0. The van der Waals surface area contributed by atoms with E-state index in [2.05, 4.69) is 17.1 Å². The fourth-order valence-corrected chi connectivity index (χ4v) is 1.70. The van der Waals surface area contributed by atoms with Crippen molar-refractivity contribution in [2.24, 2.45) is 5.73 Å². The Bertz CT molecular complexity index is 367. The lowest BCUT2D eigenvalue weighted by Crippen LogP contribution is -2.43. The summed E-state index contributed by atoms with van der Waals surface area (Å²) in [6, 6.07) is 6.14. The van der Waals surface area contributed by atoms with Gasteiger partial charge in [-0.25, -0.2) is 0 Å². The molecule has 2 N–H and O–H groups in total. The van der Waals surface area contributed by atoms with E-state index in [4.69, 9.17) is 11.0 Å². The van der Waals surface area contributed by atoms with Gasteiger partial charge in [0.15, 0.2) is 0 Å². The van der Waals surface area contributed by atoms with Gasteiger partial charge in [0.05, 0.1) is 6.07 Å². The third-order valence-corrected chi connectivity index (χ3v) is 2.53. The van der Waals surface area contributed by atoms with E-state index in [-0.39, 0.29) is 0 Å². The van der Waals surface area contributed by atoms with Crippen LogP contribution in [0.5, 0.6) is 0 Å². The van der Waals surface area contributed by atoms with Gasteiger partial charge in [0.1, 0.15) is 5.54 Å². The van der Waals surface area contributed by atoms with E-state index in [9.17, 15) is 0 Å². The molecule has 0 aliphatic heterocycles. The number of aromatic nitrogens is 1. The highest BCUT2D eigenvalue weighted by atomic mass is 14.8. The number of nitrogens with zero attached hydrogens (tertiary/aromatic N) is 2. The molecule has 2 rings (SSSR count). The first kappa shape index (κ1) is 8.21. The zero-order valence-corrected chi connectivity index (χ0v) is 7.33. The van der Waals surface area contributed by atoms with E-state index in [0.29, 0.717) is 6.42 Å². The number of nitriles is 1. The summed E-state index contributed by atoms with van der Waals surface area (Å²) < 4.78 is 0. The Morgan fingerprint density at radius 2 is 2.46 bits per heavy atom.